The Hall–Kier alpha value is -4.46. The largest absolute Gasteiger partial charge is 0.351 e. The standard InChI is InChI=1S/C26H25N7O/c1-4-16-11-20(7-8-21(16)19-14-28-29-15-19)30-24-9-10-27-25(32-24)18-6-5-17-12-23(26(34)33(2)3)31-22(17)13-18/h5-15,31H,4H2,1-3H3,(H,28,29)(H,27,30,32). The van der Waals surface area contributed by atoms with E-state index in [9.17, 15) is 4.79 Å². The number of nitrogens with one attached hydrogen (secondary N) is 3. The van der Waals surface area contributed by atoms with E-state index >= 15 is 0 Å². The van der Waals surface area contributed by atoms with E-state index in [-0.39, 0.29) is 5.91 Å². The third-order valence-electron chi connectivity index (χ3n) is 5.74. The molecule has 0 saturated carbocycles. The Morgan fingerprint density at radius 1 is 1.06 bits per heavy atom. The Bertz CT molecular complexity index is 1470. The van der Waals surface area contributed by atoms with Crippen LogP contribution in [0.25, 0.3) is 33.4 Å². The van der Waals surface area contributed by atoms with Gasteiger partial charge in [-0.15, -0.1) is 0 Å². The maximum atomic E-state index is 12.3. The van der Waals surface area contributed by atoms with E-state index in [1.54, 1.807) is 25.2 Å². The highest BCUT2D eigenvalue weighted by Gasteiger charge is 2.13. The van der Waals surface area contributed by atoms with Crippen molar-refractivity contribution in [1.82, 2.24) is 30.0 Å². The van der Waals surface area contributed by atoms with E-state index in [1.807, 2.05) is 48.8 Å². The topological polar surface area (TPSA) is 103 Å². The number of fused-ring (bicyclic) bond motifs is 1. The number of rotatable bonds is 6. The summed E-state index contributed by atoms with van der Waals surface area (Å²) in [5, 5.41) is 11.3. The van der Waals surface area contributed by atoms with Gasteiger partial charge in [0.1, 0.15) is 11.5 Å². The van der Waals surface area contributed by atoms with Crippen molar-refractivity contribution in [3.05, 3.63) is 78.4 Å². The zero-order valence-electron chi connectivity index (χ0n) is 19.3. The van der Waals surface area contributed by atoms with E-state index in [2.05, 4.69) is 44.5 Å². The minimum Gasteiger partial charge on any atom is -0.351 e. The molecule has 3 N–H and O–H groups in total. The van der Waals surface area contributed by atoms with Crippen LogP contribution in [-0.2, 0) is 6.42 Å². The molecule has 0 radical (unpaired) electrons. The van der Waals surface area contributed by atoms with Crippen LogP contribution in [0, 0.1) is 0 Å². The van der Waals surface area contributed by atoms with Crippen LogP contribution < -0.4 is 5.32 Å². The fourth-order valence-corrected chi connectivity index (χ4v) is 3.98. The number of hydrogen-bond donors (Lipinski definition) is 3. The van der Waals surface area contributed by atoms with E-state index in [0.717, 1.165) is 39.7 Å². The molecule has 34 heavy (non-hydrogen) atoms. The van der Waals surface area contributed by atoms with Gasteiger partial charge in [-0.2, -0.15) is 5.10 Å². The monoisotopic (exact) mass is 451 g/mol. The normalized spacial score (nSPS) is 11.0. The number of benzene rings is 2. The number of aromatic nitrogens is 5. The first-order chi connectivity index (χ1) is 16.5. The number of nitrogens with zero attached hydrogens (tertiary/aromatic N) is 4. The average Bonchev–Trinajstić information content (AvgIpc) is 3.53. The third-order valence-corrected chi connectivity index (χ3v) is 5.74. The average molecular weight is 452 g/mol. The number of hydrogen-bond acceptors (Lipinski definition) is 5. The van der Waals surface area contributed by atoms with Crippen molar-refractivity contribution in [3.8, 4) is 22.5 Å². The van der Waals surface area contributed by atoms with Gasteiger partial charge in [-0.3, -0.25) is 9.89 Å². The van der Waals surface area contributed by atoms with Crippen LogP contribution in [0.1, 0.15) is 23.0 Å². The highest BCUT2D eigenvalue weighted by atomic mass is 16.2. The number of amides is 1. The summed E-state index contributed by atoms with van der Waals surface area (Å²) in [5.41, 5.74) is 6.71. The number of H-pyrrole nitrogens is 2. The quantitative estimate of drug-likeness (QED) is 0.336. The smallest absolute Gasteiger partial charge is 0.269 e. The minimum atomic E-state index is -0.0644. The van der Waals surface area contributed by atoms with Crippen LogP contribution in [0.2, 0.25) is 0 Å². The second kappa shape index (κ2) is 8.82. The van der Waals surface area contributed by atoms with Crippen LogP contribution in [0.3, 0.4) is 0 Å². The van der Waals surface area contributed by atoms with E-state index < -0.39 is 0 Å². The Kier molecular flexibility index (Phi) is 5.55. The number of anilines is 2. The van der Waals surface area contributed by atoms with Crippen molar-refractivity contribution >= 4 is 28.3 Å². The maximum absolute atomic E-state index is 12.3. The van der Waals surface area contributed by atoms with Crippen molar-refractivity contribution in [2.75, 3.05) is 19.4 Å². The summed E-state index contributed by atoms with van der Waals surface area (Å²) < 4.78 is 0. The van der Waals surface area contributed by atoms with Crippen LogP contribution in [0.4, 0.5) is 11.5 Å². The lowest BCUT2D eigenvalue weighted by molar-refractivity contribution is 0.0823. The highest BCUT2D eigenvalue weighted by Crippen LogP contribution is 2.28. The van der Waals surface area contributed by atoms with Gasteiger partial charge in [-0.1, -0.05) is 25.1 Å². The fraction of sp³-hybridized carbons (Fsp3) is 0.154. The first kappa shape index (κ1) is 21.4. The van der Waals surface area contributed by atoms with Gasteiger partial charge in [0.25, 0.3) is 5.91 Å². The summed E-state index contributed by atoms with van der Waals surface area (Å²) in [6.45, 7) is 2.14. The molecule has 2 aromatic carbocycles. The Labute approximate surface area is 197 Å². The fourth-order valence-electron chi connectivity index (χ4n) is 3.98. The second-order valence-corrected chi connectivity index (χ2v) is 8.29. The molecular weight excluding hydrogens is 426 g/mol. The molecule has 5 rings (SSSR count). The van der Waals surface area contributed by atoms with E-state index in [0.29, 0.717) is 17.3 Å². The number of carbonyl (C=O) groups is 1. The van der Waals surface area contributed by atoms with E-state index in [1.165, 1.54) is 5.56 Å². The van der Waals surface area contributed by atoms with Gasteiger partial charge in [0.2, 0.25) is 0 Å². The van der Waals surface area contributed by atoms with E-state index in [4.69, 9.17) is 4.98 Å². The maximum Gasteiger partial charge on any atom is 0.269 e. The summed E-state index contributed by atoms with van der Waals surface area (Å²) in [6.07, 6.45) is 6.38. The van der Waals surface area contributed by atoms with Gasteiger partial charge in [0.05, 0.1) is 6.20 Å². The Balaban J connectivity index is 1.42. The third kappa shape index (κ3) is 4.13. The van der Waals surface area contributed by atoms with Gasteiger partial charge >= 0.3 is 0 Å². The lowest BCUT2D eigenvalue weighted by Crippen LogP contribution is -2.21. The summed E-state index contributed by atoms with van der Waals surface area (Å²) in [5.74, 6) is 1.25. The molecule has 0 saturated heterocycles. The first-order valence-corrected chi connectivity index (χ1v) is 11.1. The molecule has 170 valence electrons. The summed E-state index contributed by atoms with van der Waals surface area (Å²) in [7, 11) is 3.47. The predicted octanol–water partition coefficient (Wildman–Crippen LogP) is 5.02. The van der Waals surface area contributed by atoms with Crippen molar-refractivity contribution in [2.45, 2.75) is 13.3 Å². The lowest BCUT2D eigenvalue weighted by Gasteiger charge is -2.11. The van der Waals surface area contributed by atoms with Crippen molar-refractivity contribution in [2.24, 2.45) is 0 Å². The Morgan fingerprint density at radius 2 is 1.94 bits per heavy atom. The molecule has 0 unspecified atom stereocenters. The van der Waals surface area contributed by atoms with Crippen molar-refractivity contribution in [3.63, 3.8) is 0 Å². The molecule has 0 spiro atoms. The Morgan fingerprint density at radius 3 is 2.71 bits per heavy atom. The molecule has 8 heteroatoms. The molecule has 0 aliphatic carbocycles. The summed E-state index contributed by atoms with van der Waals surface area (Å²) in [6, 6.07) is 15.9. The van der Waals surface area contributed by atoms with Gasteiger partial charge in [-0.05, 0) is 47.9 Å². The molecule has 3 aromatic heterocycles. The van der Waals surface area contributed by atoms with Crippen molar-refractivity contribution in [1.29, 1.82) is 0 Å². The number of aromatic amines is 2. The summed E-state index contributed by atoms with van der Waals surface area (Å²) in [4.78, 5) is 26.2. The second-order valence-electron chi connectivity index (χ2n) is 8.29. The van der Waals surface area contributed by atoms with Crippen LogP contribution >= 0.6 is 0 Å². The van der Waals surface area contributed by atoms with Gasteiger partial charge in [0, 0.05) is 54.2 Å². The van der Waals surface area contributed by atoms with Gasteiger partial charge in [0.15, 0.2) is 5.82 Å². The molecule has 0 fully saturated rings. The van der Waals surface area contributed by atoms with Crippen LogP contribution in [0.5, 0.6) is 0 Å². The molecule has 5 aromatic rings. The molecule has 3 heterocycles. The van der Waals surface area contributed by atoms with Crippen LogP contribution in [0.15, 0.2) is 67.1 Å². The molecule has 8 nitrogen and oxygen atoms in total. The molecule has 0 atom stereocenters. The van der Waals surface area contributed by atoms with Gasteiger partial charge < -0.3 is 15.2 Å². The minimum absolute atomic E-state index is 0.0644. The number of aryl methyl sites for hydroxylation is 1. The van der Waals surface area contributed by atoms with Gasteiger partial charge in [-0.25, -0.2) is 9.97 Å². The summed E-state index contributed by atoms with van der Waals surface area (Å²) >= 11 is 0. The van der Waals surface area contributed by atoms with Crippen molar-refractivity contribution < 1.29 is 4.79 Å². The predicted molar refractivity (Wildman–Crippen MR) is 134 cm³/mol. The molecular formula is C26H25N7O. The zero-order valence-corrected chi connectivity index (χ0v) is 19.3. The highest BCUT2D eigenvalue weighted by molar-refractivity contribution is 5.98. The SMILES string of the molecule is CCc1cc(Nc2ccnc(-c3ccc4cc(C(=O)N(C)C)[nH]c4c3)n2)ccc1-c1cn[nH]c1. The molecule has 0 aliphatic rings. The first-order valence-electron chi connectivity index (χ1n) is 11.1. The van der Waals surface area contributed by atoms with Crippen LogP contribution in [-0.4, -0.2) is 50.1 Å². The number of carbonyl (C=O) groups excluding carboxylic acids is 1. The molecule has 1 amide bonds. The zero-order chi connectivity index (χ0) is 23.7. The lowest BCUT2D eigenvalue weighted by atomic mass is 10.00. The molecule has 0 aliphatic heterocycles. The molecule has 0 bridgehead atoms.